The predicted octanol–water partition coefficient (Wildman–Crippen LogP) is 1.82. The quantitative estimate of drug-likeness (QED) is 0.882. The van der Waals surface area contributed by atoms with E-state index in [4.69, 9.17) is 4.74 Å². The molecule has 21 heavy (non-hydrogen) atoms. The first-order valence-corrected chi connectivity index (χ1v) is 7.98. The molecule has 0 saturated heterocycles. The number of ether oxygens (including phenoxy) is 1. The standard InChI is InChI=1S/C14H19N3O3S/c1-9-7-12(20-4)5-6-14(9)21(18,19)15-8-13-10(2)16-17-11(13)3/h5-7,15H,8H2,1-4H3,(H,16,17). The molecule has 0 aliphatic heterocycles. The van der Waals surface area contributed by atoms with Crippen LogP contribution in [0, 0.1) is 20.8 Å². The van der Waals surface area contributed by atoms with Gasteiger partial charge in [0, 0.05) is 17.8 Å². The molecule has 0 aliphatic carbocycles. The zero-order valence-corrected chi connectivity index (χ0v) is 13.3. The molecule has 114 valence electrons. The van der Waals surface area contributed by atoms with Crippen molar-refractivity contribution in [2.45, 2.75) is 32.2 Å². The number of methoxy groups -OCH3 is 1. The highest BCUT2D eigenvalue weighted by Gasteiger charge is 2.18. The van der Waals surface area contributed by atoms with Gasteiger partial charge < -0.3 is 4.74 Å². The third kappa shape index (κ3) is 3.25. The first-order valence-electron chi connectivity index (χ1n) is 6.50. The second-order valence-corrected chi connectivity index (χ2v) is 6.60. The average molecular weight is 309 g/mol. The van der Waals surface area contributed by atoms with Crippen molar-refractivity contribution in [1.82, 2.24) is 14.9 Å². The summed E-state index contributed by atoms with van der Waals surface area (Å²) >= 11 is 0. The van der Waals surface area contributed by atoms with Crippen LogP contribution in [0.15, 0.2) is 23.1 Å². The molecule has 0 radical (unpaired) electrons. The molecule has 0 saturated carbocycles. The van der Waals surface area contributed by atoms with E-state index in [1.165, 1.54) is 0 Å². The summed E-state index contributed by atoms with van der Waals surface area (Å²) in [5, 5.41) is 6.89. The van der Waals surface area contributed by atoms with Gasteiger partial charge in [0.15, 0.2) is 0 Å². The van der Waals surface area contributed by atoms with Crippen LogP contribution in [0.1, 0.15) is 22.5 Å². The lowest BCUT2D eigenvalue weighted by Crippen LogP contribution is -2.24. The van der Waals surface area contributed by atoms with E-state index in [0.717, 1.165) is 17.0 Å². The Kier molecular flexibility index (Phi) is 4.34. The average Bonchev–Trinajstić information content (AvgIpc) is 2.75. The fourth-order valence-corrected chi connectivity index (χ4v) is 3.35. The van der Waals surface area contributed by atoms with E-state index in [1.807, 2.05) is 13.8 Å². The van der Waals surface area contributed by atoms with Gasteiger partial charge in [-0.3, -0.25) is 5.10 Å². The SMILES string of the molecule is COc1ccc(S(=O)(=O)NCc2c(C)n[nH]c2C)c(C)c1. The number of nitrogens with one attached hydrogen (secondary N) is 2. The summed E-state index contributed by atoms with van der Waals surface area (Å²) in [5.41, 5.74) is 3.16. The number of aromatic nitrogens is 2. The molecule has 1 aromatic heterocycles. The number of sulfonamides is 1. The van der Waals surface area contributed by atoms with E-state index in [9.17, 15) is 8.42 Å². The smallest absolute Gasteiger partial charge is 0.241 e. The van der Waals surface area contributed by atoms with Crippen LogP contribution in [0.25, 0.3) is 0 Å². The summed E-state index contributed by atoms with van der Waals surface area (Å²) in [5.74, 6) is 0.632. The zero-order valence-electron chi connectivity index (χ0n) is 12.5. The van der Waals surface area contributed by atoms with Crippen LogP contribution >= 0.6 is 0 Å². The van der Waals surface area contributed by atoms with Crippen molar-refractivity contribution in [1.29, 1.82) is 0 Å². The van der Waals surface area contributed by atoms with Crippen LogP contribution < -0.4 is 9.46 Å². The third-order valence-electron chi connectivity index (χ3n) is 3.39. The Hall–Kier alpha value is -1.86. The van der Waals surface area contributed by atoms with Gasteiger partial charge in [-0.15, -0.1) is 0 Å². The molecule has 7 heteroatoms. The number of rotatable bonds is 5. The van der Waals surface area contributed by atoms with E-state index in [1.54, 1.807) is 32.2 Å². The number of aromatic amines is 1. The molecule has 0 aliphatic rings. The molecular weight excluding hydrogens is 290 g/mol. The van der Waals surface area contributed by atoms with Crippen molar-refractivity contribution in [3.63, 3.8) is 0 Å². The minimum absolute atomic E-state index is 0.210. The Labute approximate surface area is 124 Å². The Morgan fingerprint density at radius 2 is 2.00 bits per heavy atom. The maximum absolute atomic E-state index is 12.4. The fourth-order valence-electron chi connectivity index (χ4n) is 2.13. The van der Waals surface area contributed by atoms with E-state index in [-0.39, 0.29) is 11.4 Å². The largest absolute Gasteiger partial charge is 0.497 e. The summed E-state index contributed by atoms with van der Waals surface area (Å²) in [6.45, 7) is 5.65. The topological polar surface area (TPSA) is 84.1 Å². The highest BCUT2D eigenvalue weighted by molar-refractivity contribution is 7.89. The van der Waals surface area contributed by atoms with Crippen molar-refractivity contribution in [2.24, 2.45) is 0 Å². The van der Waals surface area contributed by atoms with E-state index in [0.29, 0.717) is 11.3 Å². The molecule has 0 unspecified atom stereocenters. The number of benzene rings is 1. The number of hydrogen-bond acceptors (Lipinski definition) is 4. The van der Waals surface area contributed by atoms with Crippen molar-refractivity contribution >= 4 is 10.0 Å². The summed E-state index contributed by atoms with van der Waals surface area (Å²) in [4.78, 5) is 0.252. The second-order valence-electron chi connectivity index (χ2n) is 4.87. The van der Waals surface area contributed by atoms with Gasteiger partial charge in [-0.05, 0) is 44.5 Å². The second kappa shape index (κ2) is 5.87. The van der Waals surface area contributed by atoms with Gasteiger partial charge in [0.1, 0.15) is 5.75 Å². The van der Waals surface area contributed by atoms with E-state index >= 15 is 0 Å². The van der Waals surface area contributed by atoms with Crippen LogP contribution in [0.2, 0.25) is 0 Å². The lowest BCUT2D eigenvalue weighted by Gasteiger charge is -2.10. The Bertz CT molecular complexity index is 731. The number of aryl methyl sites for hydroxylation is 3. The van der Waals surface area contributed by atoms with Crippen molar-refractivity contribution in [2.75, 3.05) is 7.11 Å². The van der Waals surface area contributed by atoms with Crippen LogP contribution in [-0.2, 0) is 16.6 Å². The summed E-state index contributed by atoms with van der Waals surface area (Å²) in [7, 11) is -2.03. The maximum atomic E-state index is 12.4. The minimum atomic E-state index is -3.57. The molecule has 2 rings (SSSR count). The van der Waals surface area contributed by atoms with Gasteiger partial charge >= 0.3 is 0 Å². The predicted molar refractivity (Wildman–Crippen MR) is 79.8 cm³/mol. The molecule has 1 aromatic carbocycles. The van der Waals surface area contributed by atoms with Crippen LogP contribution in [0.4, 0.5) is 0 Å². The first-order chi connectivity index (χ1) is 9.85. The molecule has 0 spiro atoms. The van der Waals surface area contributed by atoms with Gasteiger partial charge in [0.05, 0.1) is 17.7 Å². The van der Waals surface area contributed by atoms with Crippen LogP contribution in [-0.4, -0.2) is 25.7 Å². The third-order valence-corrected chi connectivity index (χ3v) is 4.95. The molecule has 0 atom stereocenters. The summed E-state index contributed by atoms with van der Waals surface area (Å²) in [6.07, 6.45) is 0. The van der Waals surface area contributed by atoms with Gasteiger partial charge in [-0.25, -0.2) is 13.1 Å². The molecular formula is C14H19N3O3S. The summed E-state index contributed by atoms with van der Waals surface area (Å²) < 4.78 is 32.5. The molecule has 2 N–H and O–H groups in total. The minimum Gasteiger partial charge on any atom is -0.497 e. The van der Waals surface area contributed by atoms with Crippen molar-refractivity contribution in [3.8, 4) is 5.75 Å². The number of H-pyrrole nitrogens is 1. The highest BCUT2D eigenvalue weighted by atomic mass is 32.2. The van der Waals surface area contributed by atoms with Gasteiger partial charge in [-0.2, -0.15) is 5.10 Å². The van der Waals surface area contributed by atoms with E-state index in [2.05, 4.69) is 14.9 Å². The molecule has 6 nitrogen and oxygen atoms in total. The maximum Gasteiger partial charge on any atom is 0.241 e. The van der Waals surface area contributed by atoms with Gasteiger partial charge in [-0.1, -0.05) is 0 Å². The van der Waals surface area contributed by atoms with Crippen molar-refractivity contribution in [3.05, 3.63) is 40.7 Å². The van der Waals surface area contributed by atoms with Crippen molar-refractivity contribution < 1.29 is 13.2 Å². The normalized spacial score (nSPS) is 11.6. The van der Waals surface area contributed by atoms with Crippen LogP contribution in [0.3, 0.4) is 0 Å². The van der Waals surface area contributed by atoms with Crippen LogP contribution in [0.5, 0.6) is 5.75 Å². The van der Waals surface area contributed by atoms with E-state index < -0.39 is 10.0 Å². The Morgan fingerprint density at radius 1 is 1.29 bits per heavy atom. The van der Waals surface area contributed by atoms with Gasteiger partial charge in [0.2, 0.25) is 10.0 Å². The molecule has 0 bridgehead atoms. The fraction of sp³-hybridized carbons (Fsp3) is 0.357. The molecule has 2 aromatic rings. The first kappa shape index (κ1) is 15.5. The monoisotopic (exact) mass is 309 g/mol. The Balaban J connectivity index is 2.23. The number of nitrogens with zero attached hydrogens (tertiary/aromatic N) is 1. The zero-order chi connectivity index (χ0) is 15.6. The lowest BCUT2D eigenvalue weighted by atomic mass is 10.2. The van der Waals surface area contributed by atoms with Gasteiger partial charge in [0.25, 0.3) is 0 Å². The highest BCUT2D eigenvalue weighted by Crippen LogP contribution is 2.21. The lowest BCUT2D eigenvalue weighted by molar-refractivity contribution is 0.414. The number of hydrogen-bond donors (Lipinski definition) is 2. The molecule has 1 heterocycles. The molecule has 0 fully saturated rings. The Morgan fingerprint density at radius 3 is 2.52 bits per heavy atom. The molecule has 0 amide bonds. The summed E-state index contributed by atoms with van der Waals surface area (Å²) in [6, 6.07) is 4.88.